The van der Waals surface area contributed by atoms with Crippen molar-refractivity contribution < 1.29 is 9.53 Å². The van der Waals surface area contributed by atoms with Crippen molar-refractivity contribution in [1.82, 2.24) is 20.3 Å². The lowest BCUT2D eigenvalue weighted by atomic mass is 10.1. The van der Waals surface area contributed by atoms with Gasteiger partial charge in [0, 0.05) is 12.6 Å². The first-order valence-corrected chi connectivity index (χ1v) is 9.72. The fourth-order valence-corrected chi connectivity index (χ4v) is 2.89. The third-order valence-corrected chi connectivity index (χ3v) is 4.29. The molecule has 0 spiro atoms. The number of nitrogens with two attached hydrogens (primary N) is 1. The lowest BCUT2D eigenvalue weighted by Gasteiger charge is -2.16. The summed E-state index contributed by atoms with van der Waals surface area (Å²) < 4.78 is 7.38. The molecule has 1 atom stereocenters. The lowest BCUT2D eigenvalue weighted by Crippen LogP contribution is -2.40. The summed E-state index contributed by atoms with van der Waals surface area (Å²) >= 11 is 0. The van der Waals surface area contributed by atoms with Crippen LogP contribution in [0.25, 0.3) is 5.69 Å². The maximum atomic E-state index is 12.7. The van der Waals surface area contributed by atoms with Crippen LogP contribution in [0.5, 0.6) is 5.75 Å². The Kier molecular flexibility index (Phi) is 9.96. The number of hydrogen-bond acceptors (Lipinski definition) is 5. The Morgan fingerprint density at radius 1 is 1.25 bits per heavy atom. The van der Waals surface area contributed by atoms with E-state index in [4.69, 9.17) is 10.5 Å². The molecule has 2 aromatic rings. The van der Waals surface area contributed by atoms with Crippen LogP contribution in [-0.2, 0) is 6.42 Å². The molecule has 2 rings (SSSR count). The molecule has 1 amide bonds. The van der Waals surface area contributed by atoms with Gasteiger partial charge in [-0.15, -0.1) is 17.5 Å². The largest absolute Gasteiger partial charge is 0.491 e. The van der Waals surface area contributed by atoms with E-state index in [0.29, 0.717) is 18.7 Å². The van der Waals surface area contributed by atoms with Crippen molar-refractivity contribution in [3.8, 4) is 11.4 Å². The van der Waals surface area contributed by atoms with E-state index in [-0.39, 0.29) is 30.5 Å². The molecular weight excluding hydrogens is 378 g/mol. The first-order valence-electron chi connectivity index (χ1n) is 9.72. The highest BCUT2D eigenvalue weighted by atomic mass is 35.5. The van der Waals surface area contributed by atoms with Gasteiger partial charge in [0.25, 0.3) is 5.91 Å². The number of unbranched alkanes of at least 4 members (excludes halogenated alkanes) is 1. The van der Waals surface area contributed by atoms with Gasteiger partial charge in [-0.2, -0.15) is 0 Å². The van der Waals surface area contributed by atoms with Crippen molar-refractivity contribution in [3.63, 3.8) is 0 Å². The van der Waals surface area contributed by atoms with E-state index >= 15 is 0 Å². The minimum atomic E-state index is -0.218. The van der Waals surface area contributed by atoms with Gasteiger partial charge >= 0.3 is 0 Å². The van der Waals surface area contributed by atoms with Crippen LogP contribution in [0.3, 0.4) is 0 Å². The van der Waals surface area contributed by atoms with Gasteiger partial charge in [0.15, 0.2) is 5.69 Å². The van der Waals surface area contributed by atoms with Crippen molar-refractivity contribution in [2.75, 3.05) is 6.54 Å². The van der Waals surface area contributed by atoms with Crippen molar-refractivity contribution in [3.05, 3.63) is 35.7 Å². The van der Waals surface area contributed by atoms with Gasteiger partial charge in [0.2, 0.25) is 0 Å². The standard InChI is InChI=1S/C20H31N5O2.ClH/c1-5-7-8-15(13-21)22-20(26)19-18(6-2)25(24-23-19)16-9-11-17(12-10-16)27-14(3)4;/h9-12,14-15H,5-8,13,21H2,1-4H3,(H,22,26);1H. The van der Waals surface area contributed by atoms with Crippen LogP contribution in [0.2, 0.25) is 0 Å². The molecule has 0 saturated heterocycles. The summed E-state index contributed by atoms with van der Waals surface area (Å²) in [5, 5.41) is 11.3. The monoisotopic (exact) mass is 409 g/mol. The fraction of sp³-hybridized carbons (Fsp3) is 0.550. The Labute approximate surface area is 173 Å². The summed E-state index contributed by atoms with van der Waals surface area (Å²) in [6, 6.07) is 7.57. The number of benzene rings is 1. The molecule has 0 fully saturated rings. The van der Waals surface area contributed by atoms with Gasteiger partial charge in [-0.3, -0.25) is 4.79 Å². The quantitative estimate of drug-likeness (QED) is 0.627. The van der Waals surface area contributed by atoms with E-state index in [1.54, 1.807) is 4.68 Å². The Balaban J connectivity index is 0.00000392. The Morgan fingerprint density at radius 3 is 2.46 bits per heavy atom. The van der Waals surface area contributed by atoms with E-state index in [1.165, 1.54) is 0 Å². The number of carbonyl (C=O) groups excluding carboxylic acids is 1. The second-order valence-corrected chi connectivity index (χ2v) is 6.86. The maximum Gasteiger partial charge on any atom is 0.274 e. The molecule has 0 aliphatic rings. The van der Waals surface area contributed by atoms with Crippen LogP contribution in [0, 0.1) is 0 Å². The number of halogens is 1. The number of carbonyl (C=O) groups is 1. The van der Waals surface area contributed by atoms with Crippen LogP contribution in [-0.4, -0.2) is 39.6 Å². The summed E-state index contributed by atoms with van der Waals surface area (Å²) in [5.41, 5.74) is 7.76. The molecule has 0 saturated carbocycles. The smallest absolute Gasteiger partial charge is 0.274 e. The molecule has 1 aromatic carbocycles. The van der Waals surface area contributed by atoms with E-state index < -0.39 is 0 Å². The molecule has 0 aliphatic carbocycles. The average molecular weight is 410 g/mol. The highest BCUT2D eigenvalue weighted by molar-refractivity contribution is 5.93. The van der Waals surface area contributed by atoms with Crippen molar-refractivity contribution in [2.24, 2.45) is 5.73 Å². The molecule has 28 heavy (non-hydrogen) atoms. The minimum absolute atomic E-state index is 0. The third kappa shape index (κ3) is 6.21. The van der Waals surface area contributed by atoms with E-state index in [9.17, 15) is 4.79 Å². The third-order valence-electron chi connectivity index (χ3n) is 4.29. The zero-order chi connectivity index (χ0) is 19.8. The topological polar surface area (TPSA) is 95.1 Å². The lowest BCUT2D eigenvalue weighted by molar-refractivity contribution is 0.0929. The Morgan fingerprint density at radius 2 is 1.93 bits per heavy atom. The van der Waals surface area contributed by atoms with Crippen LogP contribution in [0.15, 0.2) is 24.3 Å². The Hall–Kier alpha value is -2.12. The molecule has 7 nitrogen and oxygen atoms in total. The normalized spacial score (nSPS) is 11.8. The first-order chi connectivity index (χ1) is 13.0. The van der Waals surface area contributed by atoms with E-state index in [0.717, 1.165) is 36.4 Å². The minimum Gasteiger partial charge on any atom is -0.491 e. The molecule has 0 radical (unpaired) electrons. The highest BCUT2D eigenvalue weighted by Gasteiger charge is 2.21. The van der Waals surface area contributed by atoms with Gasteiger partial charge in [0.1, 0.15) is 5.75 Å². The SMILES string of the molecule is CCCCC(CN)NC(=O)c1nnn(-c2ccc(OC(C)C)cc2)c1CC.Cl. The summed E-state index contributed by atoms with van der Waals surface area (Å²) in [6.07, 6.45) is 3.72. The van der Waals surface area contributed by atoms with Crippen LogP contribution in [0.1, 0.15) is 63.1 Å². The molecule has 3 N–H and O–H groups in total. The van der Waals surface area contributed by atoms with Gasteiger partial charge < -0.3 is 15.8 Å². The number of amides is 1. The maximum absolute atomic E-state index is 12.7. The van der Waals surface area contributed by atoms with E-state index in [1.807, 2.05) is 45.0 Å². The number of nitrogens with one attached hydrogen (secondary N) is 1. The molecule has 0 bridgehead atoms. The molecule has 8 heteroatoms. The van der Waals surface area contributed by atoms with Gasteiger partial charge in [-0.1, -0.05) is 31.9 Å². The summed E-state index contributed by atoms with van der Waals surface area (Å²) in [6.45, 7) is 8.49. The van der Waals surface area contributed by atoms with Crippen molar-refractivity contribution in [1.29, 1.82) is 0 Å². The second kappa shape index (κ2) is 11.7. The fourth-order valence-electron chi connectivity index (χ4n) is 2.89. The van der Waals surface area contributed by atoms with Gasteiger partial charge in [0.05, 0.1) is 17.5 Å². The van der Waals surface area contributed by atoms with Gasteiger partial charge in [-0.05, 0) is 51.0 Å². The second-order valence-electron chi connectivity index (χ2n) is 6.86. The van der Waals surface area contributed by atoms with Gasteiger partial charge in [-0.25, -0.2) is 4.68 Å². The zero-order valence-corrected chi connectivity index (χ0v) is 18.0. The number of ether oxygens (including phenoxy) is 1. The molecule has 1 unspecified atom stereocenters. The molecule has 1 aromatic heterocycles. The molecular formula is C20H32ClN5O2. The highest BCUT2D eigenvalue weighted by Crippen LogP contribution is 2.19. The van der Waals surface area contributed by atoms with E-state index in [2.05, 4.69) is 22.6 Å². The Bertz CT molecular complexity index is 731. The molecule has 1 heterocycles. The number of hydrogen-bond donors (Lipinski definition) is 2. The number of aromatic nitrogens is 3. The van der Waals surface area contributed by atoms with Crippen LogP contribution >= 0.6 is 12.4 Å². The van der Waals surface area contributed by atoms with Crippen molar-refractivity contribution in [2.45, 2.75) is 65.5 Å². The molecule has 0 aliphatic heterocycles. The number of nitrogens with zero attached hydrogens (tertiary/aromatic N) is 3. The molecule has 156 valence electrons. The zero-order valence-electron chi connectivity index (χ0n) is 17.1. The van der Waals surface area contributed by atoms with Crippen LogP contribution < -0.4 is 15.8 Å². The van der Waals surface area contributed by atoms with Crippen molar-refractivity contribution >= 4 is 18.3 Å². The summed E-state index contributed by atoms with van der Waals surface area (Å²) in [7, 11) is 0. The van der Waals surface area contributed by atoms with Crippen LogP contribution in [0.4, 0.5) is 0 Å². The average Bonchev–Trinajstić information content (AvgIpc) is 3.09. The summed E-state index contributed by atoms with van der Waals surface area (Å²) in [4.78, 5) is 12.7. The summed E-state index contributed by atoms with van der Waals surface area (Å²) in [5.74, 6) is 0.580. The predicted octanol–water partition coefficient (Wildman–Crippen LogP) is 3.29. The first kappa shape index (κ1) is 23.9. The number of rotatable bonds is 10. The predicted molar refractivity (Wildman–Crippen MR) is 114 cm³/mol.